The van der Waals surface area contributed by atoms with Gasteiger partial charge in [0.05, 0.1) is 18.6 Å². The van der Waals surface area contributed by atoms with Crippen molar-refractivity contribution in [3.63, 3.8) is 0 Å². The van der Waals surface area contributed by atoms with Crippen LogP contribution >= 0.6 is 0 Å². The zero-order valence-corrected chi connectivity index (χ0v) is 18.2. The van der Waals surface area contributed by atoms with Crippen LogP contribution in [0.15, 0.2) is 48.5 Å². The fraction of sp³-hybridized carbons (Fsp3) is 0.400. The minimum atomic E-state index is -0.459. The van der Waals surface area contributed by atoms with Gasteiger partial charge in [0.15, 0.2) is 0 Å². The van der Waals surface area contributed by atoms with Crippen LogP contribution in [-0.2, 0) is 16.0 Å². The lowest BCUT2D eigenvalue weighted by atomic mass is 9.75. The van der Waals surface area contributed by atoms with Gasteiger partial charge in [0.25, 0.3) is 5.91 Å². The zero-order chi connectivity index (χ0) is 22.2. The van der Waals surface area contributed by atoms with Crippen LogP contribution in [0.3, 0.4) is 0 Å². The molecule has 0 bridgehead atoms. The summed E-state index contributed by atoms with van der Waals surface area (Å²) in [5.74, 6) is -0.448. The molecule has 3 amide bonds. The summed E-state index contributed by atoms with van der Waals surface area (Å²) in [4.78, 5) is 44.7. The third-order valence-corrected chi connectivity index (χ3v) is 6.82. The van der Waals surface area contributed by atoms with Crippen molar-refractivity contribution in [1.82, 2.24) is 14.7 Å². The van der Waals surface area contributed by atoms with Gasteiger partial charge in [0, 0.05) is 38.3 Å². The van der Waals surface area contributed by atoms with Crippen molar-refractivity contribution >= 4 is 17.9 Å². The first kappa shape index (κ1) is 20.5. The molecule has 3 heterocycles. The van der Waals surface area contributed by atoms with Crippen molar-refractivity contribution in [2.75, 3.05) is 39.3 Å². The number of nitrogens with zero attached hydrogens (tertiary/aromatic N) is 3. The fourth-order valence-electron chi connectivity index (χ4n) is 5.26. The zero-order valence-electron chi connectivity index (χ0n) is 18.2. The number of carbonyl (C=O) groups is 3. The molecule has 32 heavy (non-hydrogen) atoms. The van der Waals surface area contributed by atoms with Crippen LogP contribution in [0.4, 0.5) is 4.79 Å². The molecular formula is C25H27N3O4. The van der Waals surface area contributed by atoms with Gasteiger partial charge in [-0.05, 0) is 36.1 Å². The van der Waals surface area contributed by atoms with Crippen LogP contribution in [0.25, 0.3) is 0 Å². The Morgan fingerprint density at radius 2 is 1.56 bits per heavy atom. The maximum atomic E-state index is 13.9. The molecule has 3 aliphatic rings. The summed E-state index contributed by atoms with van der Waals surface area (Å²) in [6, 6.07) is 15.3. The molecule has 2 aromatic rings. The molecule has 0 spiro atoms. The number of benzene rings is 2. The topological polar surface area (TPSA) is 70.2 Å². The highest BCUT2D eigenvalue weighted by molar-refractivity contribution is 6.01. The van der Waals surface area contributed by atoms with E-state index in [0.717, 1.165) is 17.5 Å². The number of amides is 3. The standard InChI is InChI=1S/C25H27N3O4/c1-2-32-25(31)27-15-13-26(14-16-27)24(30)21-19-9-5-6-10-20(19)23(29)28-12-11-17-7-3-4-8-18(17)22(21)28/h3-10,21-22H,2,11-16H2,1H3/t21-,22+/m0/s1. The second kappa shape index (κ2) is 8.30. The van der Waals surface area contributed by atoms with Gasteiger partial charge in [0.1, 0.15) is 0 Å². The van der Waals surface area contributed by atoms with Crippen LogP contribution in [-0.4, -0.2) is 71.9 Å². The van der Waals surface area contributed by atoms with Gasteiger partial charge in [0.2, 0.25) is 5.91 Å². The lowest BCUT2D eigenvalue weighted by Crippen LogP contribution is -2.55. The quantitative estimate of drug-likeness (QED) is 0.730. The molecule has 1 fully saturated rings. The normalized spacial score (nSPS) is 22.0. The SMILES string of the molecule is CCOC(=O)N1CCN(C(=O)[C@H]2c3ccccc3C(=O)N3CCc4ccccc4[C@H]23)CC1. The molecule has 1 saturated heterocycles. The van der Waals surface area contributed by atoms with E-state index in [1.807, 2.05) is 52.3 Å². The van der Waals surface area contributed by atoms with E-state index in [9.17, 15) is 14.4 Å². The molecule has 7 nitrogen and oxygen atoms in total. The van der Waals surface area contributed by atoms with Crippen molar-refractivity contribution < 1.29 is 19.1 Å². The van der Waals surface area contributed by atoms with Crippen molar-refractivity contribution in [1.29, 1.82) is 0 Å². The molecule has 7 heteroatoms. The van der Waals surface area contributed by atoms with Crippen LogP contribution in [0.1, 0.15) is 45.9 Å². The highest BCUT2D eigenvalue weighted by atomic mass is 16.6. The van der Waals surface area contributed by atoms with Crippen LogP contribution in [0, 0.1) is 0 Å². The van der Waals surface area contributed by atoms with E-state index < -0.39 is 5.92 Å². The average Bonchev–Trinajstić information content (AvgIpc) is 2.84. The average molecular weight is 434 g/mol. The van der Waals surface area contributed by atoms with Crippen molar-refractivity contribution in [2.45, 2.75) is 25.3 Å². The lowest BCUT2D eigenvalue weighted by Gasteiger charge is -2.47. The molecule has 2 aromatic carbocycles. The van der Waals surface area contributed by atoms with E-state index in [1.54, 1.807) is 11.8 Å². The van der Waals surface area contributed by atoms with Gasteiger partial charge in [-0.3, -0.25) is 9.59 Å². The number of ether oxygens (including phenoxy) is 1. The number of hydrogen-bond donors (Lipinski definition) is 0. The Hall–Kier alpha value is -3.35. The van der Waals surface area contributed by atoms with Crippen molar-refractivity contribution in [3.8, 4) is 0 Å². The highest BCUT2D eigenvalue weighted by Gasteiger charge is 2.47. The summed E-state index contributed by atoms with van der Waals surface area (Å²) < 4.78 is 5.10. The Labute approximate surface area is 187 Å². The molecule has 5 rings (SSSR count). The van der Waals surface area contributed by atoms with E-state index in [4.69, 9.17) is 4.74 Å². The largest absolute Gasteiger partial charge is 0.450 e. The van der Waals surface area contributed by atoms with Crippen LogP contribution < -0.4 is 0 Å². The second-order valence-electron chi connectivity index (χ2n) is 8.47. The summed E-state index contributed by atoms with van der Waals surface area (Å²) in [6.45, 7) is 4.53. The van der Waals surface area contributed by atoms with Gasteiger partial charge in [-0.25, -0.2) is 4.79 Å². The minimum Gasteiger partial charge on any atom is -0.450 e. The molecule has 0 unspecified atom stereocenters. The molecular weight excluding hydrogens is 406 g/mol. The Kier molecular flexibility index (Phi) is 5.33. The predicted molar refractivity (Wildman–Crippen MR) is 118 cm³/mol. The number of piperazine rings is 1. The van der Waals surface area contributed by atoms with Gasteiger partial charge in [-0.1, -0.05) is 42.5 Å². The molecule has 166 valence electrons. The van der Waals surface area contributed by atoms with E-state index in [-0.39, 0.29) is 23.9 Å². The van der Waals surface area contributed by atoms with E-state index in [2.05, 4.69) is 6.07 Å². The molecule has 3 aliphatic heterocycles. The van der Waals surface area contributed by atoms with Gasteiger partial charge < -0.3 is 19.4 Å². The third-order valence-electron chi connectivity index (χ3n) is 6.82. The lowest BCUT2D eigenvalue weighted by molar-refractivity contribution is -0.136. The predicted octanol–water partition coefficient (Wildman–Crippen LogP) is 2.82. The Balaban J connectivity index is 1.49. The smallest absolute Gasteiger partial charge is 0.409 e. The monoisotopic (exact) mass is 433 g/mol. The maximum Gasteiger partial charge on any atom is 0.409 e. The maximum absolute atomic E-state index is 13.9. The first-order valence-electron chi connectivity index (χ1n) is 11.3. The van der Waals surface area contributed by atoms with E-state index >= 15 is 0 Å². The van der Waals surface area contributed by atoms with Crippen molar-refractivity contribution in [3.05, 3.63) is 70.8 Å². The molecule has 0 N–H and O–H groups in total. The number of hydrogen-bond acceptors (Lipinski definition) is 4. The second-order valence-corrected chi connectivity index (χ2v) is 8.47. The summed E-state index contributed by atoms with van der Waals surface area (Å²) in [5.41, 5.74) is 3.68. The molecule has 0 aromatic heterocycles. The summed E-state index contributed by atoms with van der Waals surface area (Å²) in [7, 11) is 0. The molecule has 0 saturated carbocycles. The van der Waals surface area contributed by atoms with Crippen molar-refractivity contribution in [2.24, 2.45) is 0 Å². The summed E-state index contributed by atoms with van der Waals surface area (Å²) >= 11 is 0. The molecule has 2 atom stereocenters. The minimum absolute atomic E-state index is 0.00344. The Morgan fingerprint density at radius 1 is 0.906 bits per heavy atom. The first-order chi connectivity index (χ1) is 15.6. The number of fused-ring (bicyclic) bond motifs is 4. The van der Waals surface area contributed by atoms with Gasteiger partial charge >= 0.3 is 6.09 Å². The highest BCUT2D eigenvalue weighted by Crippen LogP contribution is 2.46. The Bertz CT molecular complexity index is 1060. The van der Waals surface area contributed by atoms with Crippen LogP contribution in [0.5, 0.6) is 0 Å². The summed E-state index contributed by atoms with van der Waals surface area (Å²) in [5, 5.41) is 0. The summed E-state index contributed by atoms with van der Waals surface area (Å²) in [6.07, 6.45) is 0.459. The van der Waals surface area contributed by atoms with Gasteiger partial charge in [-0.15, -0.1) is 0 Å². The number of carbonyl (C=O) groups excluding carboxylic acids is 3. The van der Waals surface area contributed by atoms with Gasteiger partial charge in [-0.2, -0.15) is 0 Å². The number of rotatable bonds is 2. The fourth-order valence-corrected chi connectivity index (χ4v) is 5.26. The Morgan fingerprint density at radius 3 is 2.31 bits per heavy atom. The molecule has 0 aliphatic carbocycles. The first-order valence-corrected chi connectivity index (χ1v) is 11.3. The van der Waals surface area contributed by atoms with E-state index in [1.165, 1.54) is 5.56 Å². The van der Waals surface area contributed by atoms with E-state index in [0.29, 0.717) is 44.9 Å². The van der Waals surface area contributed by atoms with Crippen LogP contribution in [0.2, 0.25) is 0 Å². The molecule has 0 radical (unpaired) electrons. The third kappa shape index (κ3) is 3.32.